The van der Waals surface area contributed by atoms with E-state index in [0.717, 1.165) is 18.1 Å². The van der Waals surface area contributed by atoms with Crippen LogP contribution in [0.1, 0.15) is 49.5 Å². The first-order valence-electron chi connectivity index (χ1n) is 5.81. The molecule has 3 heteroatoms. The average Bonchev–Trinajstić information content (AvgIpc) is 2.85. The second-order valence-corrected chi connectivity index (χ2v) is 4.57. The Balaban J connectivity index is 2.00. The SMILES string of the molecule is Cc1ccoc1C(CC1CCCC1)NN. The van der Waals surface area contributed by atoms with Crippen molar-refractivity contribution in [3.05, 3.63) is 23.7 Å². The zero-order chi connectivity index (χ0) is 10.7. The van der Waals surface area contributed by atoms with Crippen LogP contribution in [0.3, 0.4) is 0 Å². The fourth-order valence-electron chi connectivity index (χ4n) is 2.57. The van der Waals surface area contributed by atoms with Crippen molar-refractivity contribution in [2.45, 2.75) is 45.1 Å². The summed E-state index contributed by atoms with van der Waals surface area (Å²) in [7, 11) is 0. The van der Waals surface area contributed by atoms with Crippen LogP contribution in [0.5, 0.6) is 0 Å². The molecule has 0 spiro atoms. The fourth-order valence-corrected chi connectivity index (χ4v) is 2.57. The molecule has 1 saturated carbocycles. The largest absolute Gasteiger partial charge is 0.467 e. The molecule has 0 radical (unpaired) electrons. The number of nitrogens with one attached hydrogen (secondary N) is 1. The van der Waals surface area contributed by atoms with Crippen LogP contribution in [-0.4, -0.2) is 0 Å². The Morgan fingerprint density at radius 2 is 2.27 bits per heavy atom. The first-order valence-corrected chi connectivity index (χ1v) is 5.81. The first-order chi connectivity index (χ1) is 7.31. The number of hydrazine groups is 1. The molecule has 84 valence electrons. The summed E-state index contributed by atoms with van der Waals surface area (Å²) in [5, 5.41) is 0. The van der Waals surface area contributed by atoms with E-state index in [-0.39, 0.29) is 6.04 Å². The van der Waals surface area contributed by atoms with Gasteiger partial charge in [-0.1, -0.05) is 25.7 Å². The van der Waals surface area contributed by atoms with Gasteiger partial charge in [-0.3, -0.25) is 5.84 Å². The van der Waals surface area contributed by atoms with Crippen molar-refractivity contribution in [3.63, 3.8) is 0 Å². The first kappa shape index (κ1) is 10.7. The van der Waals surface area contributed by atoms with Gasteiger partial charge in [0.1, 0.15) is 5.76 Å². The summed E-state index contributed by atoms with van der Waals surface area (Å²) in [5.41, 5.74) is 4.07. The molecular weight excluding hydrogens is 188 g/mol. The number of furan rings is 1. The predicted molar refractivity (Wildman–Crippen MR) is 60.1 cm³/mol. The number of aryl methyl sites for hydroxylation is 1. The minimum atomic E-state index is 0.183. The van der Waals surface area contributed by atoms with Crippen molar-refractivity contribution in [2.24, 2.45) is 11.8 Å². The predicted octanol–water partition coefficient (Wildman–Crippen LogP) is 2.67. The zero-order valence-electron chi connectivity index (χ0n) is 9.33. The molecule has 1 aromatic heterocycles. The Bertz CT molecular complexity index is 302. The Morgan fingerprint density at radius 3 is 2.80 bits per heavy atom. The quantitative estimate of drug-likeness (QED) is 0.591. The van der Waals surface area contributed by atoms with E-state index in [1.54, 1.807) is 6.26 Å². The molecule has 1 unspecified atom stereocenters. The van der Waals surface area contributed by atoms with E-state index < -0.39 is 0 Å². The number of hydrogen-bond donors (Lipinski definition) is 2. The van der Waals surface area contributed by atoms with Gasteiger partial charge in [-0.2, -0.15) is 0 Å². The maximum atomic E-state index is 5.60. The Labute approximate surface area is 91.0 Å². The number of hydrogen-bond acceptors (Lipinski definition) is 3. The lowest BCUT2D eigenvalue weighted by Gasteiger charge is -2.18. The topological polar surface area (TPSA) is 51.2 Å². The van der Waals surface area contributed by atoms with Gasteiger partial charge in [0, 0.05) is 0 Å². The third kappa shape index (κ3) is 2.41. The summed E-state index contributed by atoms with van der Waals surface area (Å²) >= 11 is 0. The van der Waals surface area contributed by atoms with Gasteiger partial charge < -0.3 is 4.42 Å². The molecule has 3 N–H and O–H groups in total. The second-order valence-electron chi connectivity index (χ2n) is 4.57. The summed E-state index contributed by atoms with van der Waals surface area (Å²) in [5.74, 6) is 7.42. The van der Waals surface area contributed by atoms with Crippen LogP contribution in [0, 0.1) is 12.8 Å². The van der Waals surface area contributed by atoms with E-state index in [9.17, 15) is 0 Å². The van der Waals surface area contributed by atoms with Gasteiger partial charge in [0.2, 0.25) is 0 Å². The van der Waals surface area contributed by atoms with Crippen molar-refractivity contribution >= 4 is 0 Å². The lowest BCUT2D eigenvalue weighted by molar-refractivity contribution is 0.344. The highest BCUT2D eigenvalue weighted by atomic mass is 16.3. The van der Waals surface area contributed by atoms with Crippen molar-refractivity contribution < 1.29 is 4.42 Å². The number of rotatable bonds is 4. The number of nitrogens with two attached hydrogens (primary N) is 1. The van der Waals surface area contributed by atoms with Crippen molar-refractivity contribution in [1.82, 2.24) is 5.43 Å². The maximum absolute atomic E-state index is 5.60. The third-order valence-electron chi connectivity index (χ3n) is 3.46. The van der Waals surface area contributed by atoms with Crippen LogP contribution in [0.25, 0.3) is 0 Å². The summed E-state index contributed by atoms with van der Waals surface area (Å²) in [6.07, 6.45) is 8.28. The van der Waals surface area contributed by atoms with Gasteiger partial charge in [-0.15, -0.1) is 0 Å². The Kier molecular flexibility index (Phi) is 3.44. The van der Waals surface area contributed by atoms with Crippen LogP contribution in [0.2, 0.25) is 0 Å². The smallest absolute Gasteiger partial charge is 0.124 e. The highest BCUT2D eigenvalue weighted by molar-refractivity contribution is 5.18. The van der Waals surface area contributed by atoms with E-state index in [2.05, 4.69) is 12.3 Å². The normalized spacial score (nSPS) is 19.6. The average molecular weight is 208 g/mol. The lowest BCUT2D eigenvalue weighted by atomic mass is 9.96. The Morgan fingerprint density at radius 1 is 1.53 bits per heavy atom. The molecule has 0 amide bonds. The van der Waals surface area contributed by atoms with E-state index in [1.165, 1.54) is 31.2 Å². The molecule has 3 nitrogen and oxygen atoms in total. The second kappa shape index (κ2) is 4.81. The summed E-state index contributed by atoms with van der Waals surface area (Å²) in [6.45, 7) is 2.07. The molecule has 1 aliphatic rings. The summed E-state index contributed by atoms with van der Waals surface area (Å²) in [6, 6.07) is 2.18. The molecule has 2 rings (SSSR count). The van der Waals surface area contributed by atoms with Crippen LogP contribution in [0.4, 0.5) is 0 Å². The molecule has 0 bridgehead atoms. The molecule has 15 heavy (non-hydrogen) atoms. The van der Waals surface area contributed by atoms with Crippen LogP contribution < -0.4 is 11.3 Å². The molecule has 1 atom stereocenters. The molecule has 1 heterocycles. The Hall–Kier alpha value is -0.800. The standard InChI is InChI=1S/C12H20N2O/c1-9-6-7-15-12(9)11(14-13)8-10-4-2-3-5-10/h6-7,10-11,14H,2-5,8,13H2,1H3. The lowest BCUT2D eigenvalue weighted by Crippen LogP contribution is -2.29. The summed E-state index contributed by atoms with van der Waals surface area (Å²) < 4.78 is 5.49. The molecule has 1 aliphatic carbocycles. The van der Waals surface area contributed by atoms with Crippen LogP contribution in [0.15, 0.2) is 16.7 Å². The van der Waals surface area contributed by atoms with Gasteiger partial charge in [0.25, 0.3) is 0 Å². The molecule has 1 fully saturated rings. The molecule has 0 aromatic carbocycles. The van der Waals surface area contributed by atoms with Gasteiger partial charge >= 0.3 is 0 Å². The monoisotopic (exact) mass is 208 g/mol. The van der Waals surface area contributed by atoms with E-state index in [0.29, 0.717) is 0 Å². The van der Waals surface area contributed by atoms with Crippen LogP contribution in [-0.2, 0) is 0 Å². The third-order valence-corrected chi connectivity index (χ3v) is 3.46. The van der Waals surface area contributed by atoms with Gasteiger partial charge in [-0.05, 0) is 30.9 Å². The molecule has 0 saturated heterocycles. The van der Waals surface area contributed by atoms with Crippen molar-refractivity contribution in [1.29, 1.82) is 0 Å². The maximum Gasteiger partial charge on any atom is 0.124 e. The summed E-state index contributed by atoms with van der Waals surface area (Å²) in [4.78, 5) is 0. The van der Waals surface area contributed by atoms with Gasteiger partial charge in [0.05, 0.1) is 12.3 Å². The van der Waals surface area contributed by atoms with E-state index in [1.807, 2.05) is 6.07 Å². The van der Waals surface area contributed by atoms with Crippen molar-refractivity contribution in [3.8, 4) is 0 Å². The molecule has 1 aromatic rings. The fraction of sp³-hybridized carbons (Fsp3) is 0.667. The van der Waals surface area contributed by atoms with Crippen molar-refractivity contribution in [2.75, 3.05) is 0 Å². The highest BCUT2D eigenvalue weighted by Gasteiger charge is 2.23. The minimum absolute atomic E-state index is 0.183. The van der Waals surface area contributed by atoms with Gasteiger partial charge in [0.15, 0.2) is 0 Å². The van der Waals surface area contributed by atoms with Gasteiger partial charge in [-0.25, -0.2) is 5.43 Å². The minimum Gasteiger partial charge on any atom is -0.467 e. The van der Waals surface area contributed by atoms with E-state index in [4.69, 9.17) is 10.3 Å². The van der Waals surface area contributed by atoms with Crippen LogP contribution >= 0.6 is 0 Å². The van der Waals surface area contributed by atoms with E-state index >= 15 is 0 Å². The highest BCUT2D eigenvalue weighted by Crippen LogP contribution is 2.33. The molecular formula is C12H20N2O. The molecule has 0 aliphatic heterocycles. The zero-order valence-corrected chi connectivity index (χ0v) is 9.33.